The average Bonchev–Trinajstić information content (AvgIpc) is 2.43. The van der Waals surface area contributed by atoms with Gasteiger partial charge in [-0.2, -0.15) is 0 Å². The first-order chi connectivity index (χ1) is 9.60. The number of carboxylic acid groups (broad SMARTS) is 1. The number of aromatic carboxylic acids is 1. The maximum Gasteiger partial charge on any atom is 0.340 e. The Bertz CT molecular complexity index is 432. The molecule has 112 valence electrons. The van der Waals surface area contributed by atoms with Crippen LogP contribution in [0.1, 0.15) is 56.3 Å². The summed E-state index contributed by atoms with van der Waals surface area (Å²) >= 11 is 1.43. The van der Waals surface area contributed by atoms with Crippen molar-refractivity contribution >= 4 is 17.7 Å². The van der Waals surface area contributed by atoms with Gasteiger partial charge in [0.1, 0.15) is 11.3 Å². The Morgan fingerprint density at radius 2 is 2.10 bits per heavy atom. The fourth-order valence-electron chi connectivity index (χ4n) is 2.12. The van der Waals surface area contributed by atoms with Crippen LogP contribution in [0.25, 0.3) is 0 Å². The first-order valence-corrected chi connectivity index (χ1v) is 8.39. The number of benzene rings is 1. The van der Waals surface area contributed by atoms with Crippen LogP contribution < -0.4 is 4.74 Å². The molecule has 0 amide bonds. The van der Waals surface area contributed by atoms with Crippen LogP contribution in [-0.4, -0.2) is 23.4 Å². The monoisotopic (exact) mass is 296 g/mol. The molecular weight excluding hydrogens is 272 g/mol. The minimum atomic E-state index is -0.928. The van der Waals surface area contributed by atoms with Crippen molar-refractivity contribution in [2.45, 2.75) is 57.0 Å². The van der Waals surface area contributed by atoms with Gasteiger partial charge in [-0.05, 0) is 38.2 Å². The molecule has 0 radical (unpaired) electrons. The van der Waals surface area contributed by atoms with Crippen molar-refractivity contribution in [3.05, 3.63) is 23.8 Å². The Kier molecular flexibility index (Phi) is 7.52. The molecule has 1 atom stereocenters. The lowest BCUT2D eigenvalue weighted by atomic mass is 10.1. The van der Waals surface area contributed by atoms with Gasteiger partial charge in [-0.3, -0.25) is 0 Å². The van der Waals surface area contributed by atoms with Crippen LogP contribution in [0.2, 0.25) is 0 Å². The lowest BCUT2D eigenvalue weighted by Crippen LogP contribution is -2.14. The predicted octanol–water partition coefficient (Wildman–Crippen LogP) is 4.84. The number of carbonyl (C=O) groups is 1. The molecular formula is C16H24O3S. The molecule has 0 saturated carbocycles. The van der Waals surface area contributed by atoms with E-state index >= 15 is 0 Å². The van der Waals surface area contributed by atoms with Crippen molar-refractivity contribution in [2.24, 2.45) is 0 Å². The quantitative estimate of drug-likeness (QED) is 0.523. The molecule has 3 nitrogen and oxygen atoms in total. The van der Waals surface area contributed by atoms with Crippen LogP contribution in [0.3, 0.4) is 0 Å². The number of hydrogen-bond donors (Lipinski definition) is 1. The van der Waals surface area contributed by atoms with E-state index in [0.29, 0.717) is 5.75 Å². The highest BCUT2D eigenvalue weighted by Crippen LogP contribution is 2.30. The van der Waals surface area contributed by atoms with Gasteiger partial charge in [0.15, 0.2) is 0 Å². The molecule has 1 rings (SSSR count). The second-order valence-electron chi connectivity index (χ2n) is 4.92. The van der Waals surface area contributed by atoms with Gasteiger partial charge in [-0.25, -0.2) is 4.79 Å². The van der Waals surface area contributed by atoms with Gasteiger partial charge in [0.25, 0.3) is 0 Å². The van der Waals surface area contributed by atoms with Crippen LogP contribution in [0.15, 0.2) is 23.1 Å². The van der Waals surface area contributed by atoms with Crippen molar-refractivity contribution < 1.29 is 14.6 Å². The number of thioether (sulfide) groups is 1. The molecule has 0 aliphatic carbocycles. The highest BCUT2D eigenvalue weighted by Gasteiger charge is 2.17. The van der Waals surface area contributed by atoms with Crippen molar-refractivity contribution in [3.8, 4) is 5.75 Å². The molecule has 0 saturated heterocycles. The first-order valence-electron chi connectivity index (χ1n) is 7.17. The summed E-state index contributed by atoms with van der Waals surface area (Å²) in [5, 5.41) is 9.34. The second-order valence-corrected chi connectivity index (χ2v) is 5.76. The average molecular weight is 296 g/mol. The van der Waals surface area contributed by atoms with Gasteiger partial charge in [0.05, 0.1) is 6.10 Å². The summed E-state index contributed by atoms with van der Waals surface area (Å²) in [6.45, 7) is 4.19. The minimum Gasteiger partial charge on any atom is -0.490 e. The molecule has 0 aliphatic rings. The van der Waals surface area contributed by atoms with E-state index in [2.05, 4.69) is 6.92 Å². The van der Waals surface area contributed by atoms with Gasteiger partial charge in [-0.15, -0.1) is 11.8 Å². The van der Waals surface area contributed by atoms with Crippen LogP contribution in [0, 0.1) is 0 Å². The Hall–Kier alpha value is -1.16. The van der Waals surface area contributed by atoms with Gasteiger partial charge in [-0.1, -0.05) is 32.3 Å². The zero-order valence-electron chi connectivity index (χ0n) is 12.5. The molecule has 20 heavy (non-hydrogen) atoms. The normalized spacial score (nSPS) is 12.2. The minimum absolute atomic E-state index is 0.0436. The third-order valence-electron chi connectivity index (χ3n) is 3.21. The van der Waals surface area contributed by atoms with Gasteiger partial charge in [0.2, 0.25) is 0 Å². The summed E-state index contributed by atoms with van der Waals surface area (Å²) in [4.78, 5) is 12.1. The maximum absolute atomic E-state index is 11.4. The highest BCUT2D eigenvalue weighted by atomic mass is 32.2. The Labute approximate surface area is 125 Å². The molecule has 1 N–H and O–H groups in total. The molecule has 0 spiro atoms. The van der Waals surface area contributed by atoms with Crippen LogP contribution in [0.4, 0.5) is 0 Å². The Balaban J connectivity index is 2.69. The van der Waals surface area contributed by atoms with Crippen LogP contribution in [0.5, 0.6) is 5.75 Å². The van der Waals surface area contributed by atoms with E-state index in [1.54, 1.807) is 6.07 Å². The van der Waals surface area contributed by atoms with E-state index in [1.807, 2.05) is 25.3 Å². The number of rotatable bonds is 9. The maximum atomic E-state index is 11.4. The van der Waals surface area contributed by atoms with E-state index in [-0.39, 0.29) is 11.7 Å². The standard InChI is InChI=1S/C16H24O3S/c1-4-5-6-7-9-12(2)19-13-10-8-11-14(20-3)15(13)16(17)18/h8,10-12H,4-7,9H2,1-3H3,(H,17,18). The Morgan fingerprint density at radius 1 is 1.35 bits per heavy atom. The molecule has 0 aliphatic heterocycles. The molecule has 1 unspecified atom stereocenters. The summed E-state index contributed by atoms with van der Waals surface area (Å²) in [5.74, 6) is -0.449. The predicted molar refractivity (Wildman–Crippen MR) is 84.0 cm³/mol. The zero-order chi connectivity index (χ0) is 15.0. The van der Waals surface area contributed by atoms with Crippen molar-refractivity contribution in [1.29, 1.82) is 0 Å². The van der Waals surface area contributed by atoms with E-state index in [1.165, 1.54) is 31.0 Å². The van der Waals surface area contributed by atoms with Crippen molar-refractivity contribution in [3.63, 3.8) is 0 Å². The molecule has 0 aromatic heterocycles. The van der Waals surface area contributed by atoms with E-state index in [9.17, 15) is 9.90 Å². The molecule has 1 aromatic carbocycles. The third-order valence-corrected chi connectivity index (χ3v) is 3.99. The van der Waals surface area contributed by atoms with Crippen LogP contribution >= 0.6 is 11.8 Å². The summed E-state index contributed by atoms with van der Waals surface area (Å²) < 4.78 is 5.84. The largest absolute Gasteiger partial charge is 0.490 e. The fraction of sp³-hybridized carbons (Fsp3) is 0.562. The smallest absolute Gasteiger partial charge is 0.340 e. The topological polar surface area (TPSA) is 46.5 Å². The molecule has 0 heterocycles. The number of carboxylic acids is 1. The van der Waals surface area contributed by atoms with E-state index in [4.69, 9.17) is 4.74 Å². The zero-order valence-corrected chi connectivity index (χ0v) is 13.3. The molecule has 4 heteroatoms. The summed E-state index contributed by atoms with van der Waals surface area (Å²) in [7, 11) is 0. The number of hydrogen-bond acceptors (Lipinski definition) is 3. The molecule has 1 aromatic rings. The van der Waals surface area contributed by atoms with Crippen molar-refractivity contribution in [1.82, 2.24) is 0 Å². The third kappa shape index (κ3) is 5.08. The molecule has 0 bridgehead atoms. The van der Waals surface area contributed by atoms with Crippen molar-refractivity contribution in [2.75, 3.05) is 6.26 Å². The first kappa shape index (κ1) is 16.9. The van der Waals surface area contributed by atoms with Crippen LogP contribution in [-0.2, 0) is 0 Å². The number of ether oxygens (including phenoxy) is 1. The number of unbranched alkanes of at least 4 members (excludes halogenated alkanes) is 3. The lowest BCUT2D eigenvalue weighted by Gasteiger charge is -2.17. The summed E-state index contributed by atoms with van der Waals surface area (Å²) in [6.07, 6.45) is 7.67. The summed E-state index contributed by atoms with van der Waals surface area (Å²) in [6, 6.07) is 5.40. The van der Waals surface area contributed by atoms with E-state index in [0.717, 1.165) is 17.7 Å². The second kappa shape index (κ2) is 8.90. The fourth-order valence-corrected chi connectivity index (χ4v) is 2.73. The molecule has 0 fully saturated rings. The highest BCUT2D eigenvalue weighted by molar-refractivity contribution is 7.98. The SMILES string of the molecule is CCCCCCC(C)Oc1cccc(SC)c1C(=O)O. The van der Waals surface area contributed by atoms with Gasteiger partial charge >= 0.3 is 5.97 Å². The van der Waals surface area contributed by atoms with Gasteiger partial charge in [0, 0.05) is 4.90 Å². The summed E-state index contributed by atoms with van der Waals surface area (Å²) in [5.41, 5.74) is 0.278. The Morgan fingerprint density at radius 3 is 2.70 bits per heavy atom. The van der Waals surface area contributed by atoms with Gasteiger partial charge < -0.3 is 9.84 Å². The lowest BCUT2D eigenvalue weighted by molar-refractivity contribution is 0.0685. The van der Waals surface area contributed by atoms with E-state index < -0.39 is 5.97 Å².